The Morgan fingerprint density at radius 3 is 2.85 bits per heavy atom. The van der Waals surface area contributed by atoms with Crippen LogP contribution in [0.25, 0.3) is 0 Å². The molecule has 0 radical (unpaired) electrons. The normalized spacial score (nSPS) is 12.5. The molecule has 0 aliphatic heterocycles. The molecule has 0 aliphatic rings. The van der Waals surface area contributed by atoms with Gasteiger partial charge in [0.05, 0.1) is 0 Å². The van der Waals surface area contributed by atoms with Crippen molar-refractivity contribution >= 4 is 0 Å². The minimum Gasteiger partial charge on any atom is -0.354 e. The standard InChI is InChI=1S/C17H25N3/c1-3-10-19-17(4-2)15-8-12-20(14-15)13-9-16-7-5-6-11-18-16/h5-8,11-12,14,17,19H,3-4,9-10,13H2,1-2H3. The SMILES string of the molecule is CCCNC(CC)c1ccn(CCc2ccccn2)c1. The maximum Gasteiger partial charge on any atom is 0.0421 e. The van der Waals surface area contributed by atoms with Crippen molar-refractivity contribution in [3.05, 3.63) is 54.1 Å². The molecule has 2 rings (SSSR count). The lowest BCUT2D eigenvalue weighted by Crippen LogP contribution is -2.21. The van der Waals surface area contributed by atoms with Crippen molar-refractivity contribution in [1.29, 1.82) is 0 Å². The van der Waals surface area contributed by atoms with Crippen LogP contribution in [-0.4, -0.2) is 16.1 Å². The lowest BCUT2D eigenvalue weighted by atomic mass is 10.1. The lowest BCUT2D eigenvalue weighted by Gasteiger charge is -2.15. The molecule has 0 spiro atoms. The Morgan fingerprint density at radius 2 is 2.15 bits per heavy atom. The van der Waals surface area contributed by atoms with Crippen molar-refractivity contribution in [2.75, 3.05) is 6.54 Å². The van der Waals surface area contributed by atoms with Gasteiger partial charge in [0.2, 0.25) is 0 Å². The third kappa shape index (κ3) is 4.20. The van der Waals surface area contributed by atoms with Crippen LogP contribution in [0.4, 0.5) is 0 Å². The second-order valence-corrected chi connectivity index (χ2v) is 5.17. The van der Waals surface area contributed by atoms with Gasteiger partial charge in [-0.15, -0.1) is 0 Å². The summed E-state index contributed by atoms with van der Waals surface area (Å²) < 4.78 is 2.26. The van der Waals surface area contributed by atoms with E-state index in [2.05, 4.69) is 53.2 Å². The Bertz CT molecular complexity index is 490. The van der Waals surface area contributed by atoms with Crippen molar-refractivity contribution in [3.63, 3.8) is 0 Å². The molecule has 0 amide bonds. The van der Waals surface area contributed by atoms with Gasteiger partial charge in [0, 0.05) is 43.3 Å². The molecule has 2 aromatic heterocycles. The van der Waals surface area contributed by atoms with Crippen molar-refractivity contribution < 1.29 is 0 Å². The van der Waals surface area contributed by atoms with Gasteiger partial charge in [-0.05, 0) is 43.1 Å². The molecule has 1 unspecified atom stereocenters. The van der Waals surface area contributed by atoms with E-state index in [4.69, 9.17) is 0 Å². The summed E-state index contributed by atoms with van der Waals surface area (Å²) in [6.45, 7) is 6.51. The summed E-state index contributed by atoms with van der Waals surface area (Å²) in [6.07, 6.45) is 9.59. The van der Waals surface area contributed by atoms with Gasteiger partial charge in [-0.3, -0.25) is 4.98 Å². The van der Waals surface area contributed by atoms with E-state index in [0.29, 0.717) is 6.04 Å². The number of pyridine rings is 1. The average Bonchev–Trinajstić information content (AvgIpc) is 2.96. The first kappa shape index (κ1) is 14.8. The van der Waals surface area contributed by atoms with E-state index in [0.717, 1.165) is 31.6 Å². The molecule has 3 heteroatoms. The molecule has 108 valence electrons. The zero-order valence-electron chi connectivity index (χ0n) is 12.5. The van der Waals surface area contributed by atoms with E-state index >= 15 is 0 Å². The zero-order chi connectivity index (χ0) is 14.2. The molecular weight excluding hydrogens is 246 g/mol. The Labute approximate surface area is 122 Å². The van der Waals surface area contributed by atoms with Crippen LogP contribution in [0.1, 0.15) is 44.0 Å². The van der Waals surface area contributed by atoms with Crippen molar-refractivity contribution in [2.45, 2.75) is 45.7 Å². The maximum absolute atomic E-state index is 4.37. The zero-order valence-corrected chi connectivity index (χ0v) is 12.5. The van der Waals surface area contributed by atoms with Crippen LogP contribution in [-0.2, 0) is 13.0 Å². The highest BCUT2D eigenvalue weighted by Crippen LogP contribution is 2.17. The van der Waals surface area contributed by atoms with E-state index in [1.807, 2.05) is 18.3 Å². The lowest BCUT2D eigenvalue weighted by molar-refractivity contribution is 0.517. The Balaban J connectivity index is 1.91. The van der Waals surface area contributed by atoms with Crippen LogP contribution in [0.5, 0.6) is 0 Å². The van der Waals surface area contributed by atoms with Gasteiger partial charge in [-0.2, -0.15) is 0 Å². The van der Waals surface area contributed by atoms with Crippen molar-refractivity contribution in [1.82, 2.24) is 14.9 Å². The van der Waals surface area contributed by atoms with Gasteiger partial charge in [0.1, 0.15) is 0 Å². The molecule has 0 saturated carbocycles. The van der Waals surface area contributed by atoms with Gasteiger partial charge in [0.15, 0.2) is 0 Å². The molecule has 0 aromatic carbocycles. The largest absolute Gasteiger partial charge is 0.354 e. The Morgan fingerprint density at radius 1 is 1.25 bits per heavy atom. The highest BCUT2D eigenvalue weighted by Gasteiger charge is 2.09. The van der Waals surface area contributed by atoms with Crippen LogP contribution < -0.4 is 5.32 Å². The molecule has 2 aromatic rings. The molecule has 0 fully saturated rings. The molecule has 1 N–H and O–H groups in total. The Hall–Kier alpha value is -1.61. The third-order valence-corrected chi connectivity index (χ3v) is 3.58. The van der Waals surface area contributed by atoms with E-state index in [9.17, 15) is 0 Å². The van der Waals surface area contributed by atoms with Crippen LogP contribution in [0, 0.1) is 0 Å². The summed E-state index contributed by atoms with van der Waals surface area (Å²) in [4.78, 5) is 4.37. The average molecular weight is 271 g/mol. The van der Waals surface area contributed by atoms with Gasteiger partial charge >= 0.3 is 0 Å². The minimum absolute atomic E-state index is 0.478. The van der Waals surface area contributed by atoms with Gasteiger partial charge in [-0.25, -0.2) is 0 Å². The predicted molar refractivity (Wildman–Crippen MR) is 83.7 cm³/mol. The quantitative estimate of drug-likeness (QED) is 0.795. The van der Waals surface area contributed by atoms with Crippen molar-refractivity contribution in [2.24, 2.45) is 0 Å². The second kappa shape index (κ2) is 7.85. The second-order valence-electron chi connectivity index (χ2n) is 5.17. The van der Waals surface area contributed by atoms with E-state index in [1.165, 1.54) is 12.0 Å². The topological polar surface area (TPSA) is 29.9 Å². The molecule has 20 heavy (non-hydrogen) atoms. The summed E-state index contributed by atoms with van der Waals surface area (Å²) in [5, 5.41) is 3.60. The van der Waals surface area contributed by atoms with Crippen LogP contribution in [0.2, 0.25) is 0 Å². The van der Waals surface area contributed by atoms with Crippen molar-refractivity contribution in [3.8, 4) is 0 Å². The number of hydrogen-bond acceptors (Lipinski definition) is 2. The van der Waals surface area contributed by atoms with E-state index in [-0.39, 0.29) is 0 Å². The highest BCUT2D eigenvalue weighted by atomic mass is 15.0. The summed E-state index contributed by atoms with van der Waals surface area (Å²) in [6, 6.07) is 8.80. The number of aryl methyl sites for hydroxylation is 2. The van der Waals surface area contributed by atoms with Crippen LogP contribution in [0.15, 0.2) is 42.9 Å². The summed E-state index contributed by atoms with van der Waals surface area (Å²) in [5.74, 6) is 0. The monoisotopic (exact) mass is 271 g/mol. The minimum atomic E-state index is 0.478. The highest BCUT2D eigenvalue weighted by molar-refractivity contribution is 5.15. The summed E-state index contributed by atoms with van der Waals surface area (Å²) in [7, 11) is 0. The number of rotatable bonds is 8. The first-order valence-corrected chi connectivity index (χ1v) is 7.62. The van der Waals surface area contributed by atoms with Crippen LogP contribution in [0.3, 0.4) is 0 Å². The molecule has 0 saturated heterocycles. The summed E-state index contributed by atoms with van der Waals surface area (Å²) >= 11 is 0. The first-order chi connectivity index (χ1) is 9.83. The van der Waals surface area contributed by atoms with Gasteiger partial charge in [-0.1, -0.05) is 19.9 Å². The molecular formula is C17H25N3. The molecule has 3 nitrogen and oxygen atoms in total. The number of nitrogens with one attached hydrogen (secondary N) is 1. The number of aromatic nitrogens is 2. The molecule has 0 bridgehead atoms. The van der Waals surface area contributed by atoms with Gasteiger partial charge in [0.25, 0.3) is 0 Å². The van der Waals surface area contributed by atoms with Gasteiger partial charge < -0.3 is 9.88 Å². The molecule has 2 heterocycles. The van der Waals surface area contributed by atoms with E-state index < -0.39 is 0 Å². The number of nitrogens with zero attached hydrogens (tertiary/aromatic N) is 2. The molecule has 1 atom stereocenters. The van der Waals surface area contributed by atoms with Crippen LogP contribution >= 0.6 is 0 Å². The van der Waals surface area contributed by atoms with E-state index in [1.54, 1.807) is 0 Å². The smallest absolute Gasteiger partial charge is 0.0421 e. The third-order valence-electron chi connectivity index (χ3n) is 3.58. The fraction of sp³-hybridized carbons (Fsp3) is 0.471. The fourth-order valence-corrected chi connectivity index (χ4v) is 2.41. The first-order valence-electron chi connectivity index (χ1n) is 7.62. The fourth-order valence-electron chi connectivity index (χ4n) is 2.41. The number of hydrogen-bond donors (Lipinski definition) is 1. The summed E-state index contributed by atoms with van der Waals surface area (Å²) in [5.41, 5.74) is 2.54. The molecule has 0 aliphatic carbocycles. The predicted octanol–water partition coefficient (Wildman–Crippen LogP) is 3.58. The maximum atomic E-state index is 4.37. The Kier molecular flexibility index (Phi) is 5.81.